The van der Waals surface area contributed by atoms with Gasteiger partial charge in [-0.25, -0.2) is 14.8 Å². The van der Waals surface area contributed by atoms with E-state index in [1.807, 2.05) is 22.3 Å². The lowest BCUT2D eigenvalue weighted by molar-refractivity contribution is 0.174. The fraction of sp³-hybridized carbons (Fsp3) is 0.364. The van der Waals surface area contributed by atoms with Crippen LogP contribution in [-0.4, -0.2) is 32.8 Å². The highest BCUT2D eigenvalue weighted by molar-refractivity contribution is 6.14. The second-order valence-corrected chi connectivity index (χ2v) is 17.9. The summed E-state index contributed by atoms with van der Waals surface area (Å²) in [4.78, 5) is 25.9. The summed E-state index contributed by atoms with van der Waals surface area (Å²) in [6.07, 6.45) is 20.2. The molecule has 1 atom stereocenters. The Morgan fingerprint density at radius 1 is 0.645 bits per heavy atom. The van der Waals surface area contributed by atoms with Gasteiger partial charge in [0.2, 0.25) is 0 Å². The summed E-state index contributed by atoms with van der Waals surface area (Å²) in [6, 6.07) is 45.0. The van der Waals surface area contributed by atoms with Gasteiger partial charge in [0.1, 0.15) is 11.9 Å². The Morgan fingerprint density at radius 2 is 1.16 bits per heavy atom. The normalized spacial score (nSPS) is 17.8. The standard InChI is InChI=1S/C55H62N6O/c1-40-38-49-50(39-41(40)2)60(54(62)61(59-51(49)42-22-12-8-13-23-42)48-30-20-6-4-3-5-7-21-31-48)47-34-32-46(33-35-47)58-52(53-56-36-37-57-53)55(43-24-14-9-15-25-43,44-26-16-10-17-27-44)45-28-18-11-19-29-45/h9-11,14-19,24-29,32-39,42,48,52,58H,3-8,12-13,20-23,30-31H2,1-2H3,(H,56,57). The van der Waals surface area contributed by atoms with Crippen LogP contribution < -0.4 is 10.2 Å². The van der Waals surface area contributed by atoms with Crippen LogP contribution in [0.5, 0.6) is 0 Å². The minimum Gasteiger partial charge on any atom is -0.374 e. The average molecular weight is 823 g/mol. The summed E-state index contributed by atoms with van der Waals surface area (Å²) >= 11 is 0. The van der Waals surface area contributed by atoms with Gasteiger partial charge in [0, 0.05) is 29.6 Å². The van der Waals surface area contributed by atoms with Crippen molar-refractivity contribution >= 4 is 28.8 Å². The lowest BCUT2D eigenvalue weighted by atomic mass is 9.64. The van der Waals surface area contributed by atoms with Crippen molar-refractivity contribution in [3.05, 3.63) is 179 Å². The molecule has 9 rings (SSSR count). The van der Waals surface area contributed by atoms with E-state index in [-0.39, 0.29) is 18.1 Å². The molecule has 318 valence electrons. The smallest absolute Gasteiger partial charge is 0.349 e. The lowest BCUT2D eigenvalue weighted by Crippen LogP contribution is -2.43. The van der Waals surface area contributed by atoms with Crippen molar-refractivity contribution in [3.8, 4) is 0 Å². The molecule has 0 bridgehead atoms. The summed E-state index contributed by atoms with van der Waals surface area (Å²) in [7, 11) is 0. The van der Waals surface area contributed by atoms with Crippen molar-refractivity contribution in [2.75, 3.05) is 10.2 Å². The number of hydrazone groups is 1. The van der Waals surface area contributed by atoms with E-state index in [0.29, 0.717) is 5.92 Å². The second-order valence-electron chi connectivity index (χ2n) is 17.9. The van der Waals surface area contributed by atoms with Gasteiger partial charge in [0.25, 0.3) is 0 Å². The van der Waals surface area contributed by atoms with Crippen molar-refractivity contribution in [1.29, 1.82) is 0 Å². The molecular weight excluding hydrogens is 761 g/mol. The van der Waals surface area contributed by atoms with Gasteiger partial charge in [0.15, 0.2) is 0 Å². The zero-order valence-electron chi connectivity index (χ0n) is 36.6. The first kappa shape index (κ1) is 41.4. The molecular formula is C55H62N6O. The number of nitrogens with zero attached hydrogens (tertiary/aromatic N) is 4. The third kappa shape index (κ3) is 8.34. The molecule has 2 N–H and O–H groups in total. The number of amides is 2. The third-order valence-corrected chi connectivity index (χ3v) is 14.0. The van der Waals surface area contributed by atoms with Crippen LogP contribution >= 0.6 is 0 Å². The number of imidazole rings is 1. The molecule has 2 fully saturated rings. The quantitative estimate of drug-likeness (QED) is 0.135. The number of H-pyrrole nitrogens is 1. The number of carbonyl (C=O) groups is 1. The van der Waals surface area contributed by atoms with Crippen molar-refractivity contribution in [1.82, 2.24) is 15.0 Å². The zero-order chi connectivity index (χ0) is 42.3. The number of aromatic amines is 1. The Morgan fingerprint density at radius 3 is 1.71 bits per heavy atom. The monoisotopic (exact) mass is 822 g/mol. The molecule has 5 aromatic carbocycles. The summed E-state index contributed by atoms with van der Waals surface area (Å²) in [5, 5.41) is 11.5. The molecule has 0 spiro atoms. The molecule has 3 aliphatic rings. The highest BCUT2D eigenvalue weighted by Crippen LogP contribution is 2.49. The predicted octanol–water partition coefficient (Wildman–Crippen LogP) is 14.0. The number of hydrogen-bond acceptors (Lipinski definition) is 4. The van der Waals surface area contributed by atoms with Crippen molar-refractivity contribution in [2.45, 2.75) is 121 Å². The second kappa shape index (κ2) is 19.0. The van der Waals surface area contributed by atoms with E-state index < -0.39 is 5.41 Å². The molecule has 62 heavy (non-hydrogen) atoms. The van der Waals surface area contributed by atoms with Crippen LogP contribution in [0.15, 0.2) is 145 Å². The van der Waals surface area contributed by atoms with E-state index in [1.165, 1.54) is 62.5 Å². The molecule has 0 radical (unpaired) electrons. The molecule has 2 heterocycles. The van der Waals surface area contributed by atoms with Gasteiger partial charge in [-0.1, -0.05) is 155 Å². The maximum Gasteiger partial charge on any atom is 0.349 e. The number of aryl methyl sites for hydroxylation is 2. The first-order chi connectivity index (χ1) is 30.5. The van der Waals surface area contributed by atoms with Crippen LogP contribution in [0, 0.1) is 19.8 Å². The molecule has 1 aliphatic heterocycles. The van der Waals surface area contributed by atoms with Crippen LogP contribution in [0.3, 0.4) is 0 Å². The fourth-order valence-corrected chi connectivity index (χ4v) is 10.6. The number of aromatic nitrogens is 2. The summed E-state index contributed by atoms with van der Waals surface area (Å²) < 4.78 is 0. The lowest BCUT2D eigenvalue weighted by Gasteiger charge is -2.42. The number of benzene rings is 5. The fourth-order valence-electron chi connectivity index (χ4n) is 10.6. The molecule has 1 aromatic heterocycles. The first-order valence-electron chi connectivity index (χ1n) is 23.4. The number of carbonyl (C=O) groups excluding carboxylic acids is 1. The van der Waals surface area contributed by atoms with Gasteiger partial charge < -0.3 is 10.3 Å². The molecule has 0 saturated heterocycles. The van der Waals surface area contributed by atoms with E-state index in [1.54, 1.807) is 0 Å². The Balaban J connectivity index is 1.15. The maximum absolute atomic E-state index is 15.5. The topological polar surface area (TPSA) is 76.6 Å². The van der Waals surface area contributed by atoms with Crippen molar-refractivity contribution in [3.63, 3.8) is 0 Å². The zero-order valence-corrected chi connectivity index (χ0v) is 36.6. The molecule has 2 aliphatic carbocycles. The largest absolute Gasteiger partial charge is 0.374 e. The van der Waals surface area contributed by atoms with Crippen LogP contribution in [0.25, 0.3) is 0 Å². The summed E-state index contributed by atoms with van der Waals surface area (Å²) in [5.41, 5.74) is 10.1. The summed E-state index contributed by atoms with van der Waals surface area (Å²) in [6.45, 7) is 4.36. The van der Waals surface area contributed by atoms with Gasteiger partial charge in [-0.2, -0.15) is 5.10 Å². The molecule has 2 saturated carbocycles. The molecule has 7 heteroatoms. The van der Waals surface area contributed by atoms with Crippen LogP contribution in [0.1, 0.15) is 135 Å². The Kier molecular flexibility index (Phi) is 12.7. The van der Waals surface area contributed by atoms with Crippen LogP contribution in [-0.2, 0) is 5.41 Å². The highest BCUT2D eigenvalue weighted by atomic mass is 16.2. The minimum absolute atomic E-state index is 0.0483. The molecule has 7 nitrogen and oxygen atoms in total. The Labute approximate surface area is 368 Å². The molecule has 2 amide bonds. The number of nitrogens with one attached hydrogen (secondary N) is 2. The van der Waals surface area contributed by atoms with Gasteiger partial charge in [-0.3, -0.25) is 4.90 Å². The van der Waals surface area contributed by atoms with E-state index in [9.17, 15) is 0 Å². The molecule has 1 unspecified atom stereocenters. The molecule has 6 aromatic rings. The van der Waals surface area contributed by atoms with Crippen LogP contribution in [0.2, 0.25) is 0 Å². The van der Waals surface area contributed by atoms with Crippen molar-refractivity contribution < 1.29 is 4.79 Å². The van der Waals surface area contributed by atoms with Gasteiger partial charge >= 0.3 is 6.03 Å². The number of anilines is 3. The van der Waals surface area contributed by atoms with E-state index in [2.05, 4.69) is 152 Å². The average Bonchev–Trinajstić information content (AvgIpc) is 3.83. The highest BCUT2D eigenvalue weighted by Gasteiger charge is 2.46. The minimum atomic E-state index is -0.682. The van der Waals surface area contributed by atoms with E-state index in [4.69, 9.17) is 10.1 Å². The third-order valence-electron chi connectivity index (χ3n) is 14.0. The number of urea groups is 1. The van der Waals surface area contributed by atoms with Gasteiger partial charge in [0.05, 0.1) is 28.5 Å². The van der Waals surface area contributed by atoms with Gasteiger partial charge in [-0.15, -0.1) is 0 Å². The number of rotatable bonds is 10. The SMILES string of the molecule is Cc1cc2c(cc1C)N(c1ccc(NC(c3ncc[nH]3)C(c3ccccc3)(c3ccccc3)c3ccccc3)cc1)C(=O)N(C1CCCCCCCCC1)N=C2C1CCCCC1. The van der Waals surface area contributed by atoms with Crippen molar-refractivity contribution in [2.24, 2.45) is 11.0 Å². The number of fused-ring (bicyclic) bond motifs is 1. The Bertz CT molecular complexity index is 2300. The first-order valence-corrected chi connectivity index (χ1v) is 23.4. The maximum atomic E-state index is 15.5. The van der Waals surface area contributed by atoms with Crippen LogP contribution in [0.4, 0.5) is 21.9 Å². The van der Waals surface area contributed by atoms with E-state index in [0.717, 1.165) is 89.4 Å². The summed E-state index contributed by atoms with van der Waals surface area (Å²) in [5.74, 6) is 1.16. The number of hydrogen-bond donors (Lipinski definition) is 2. The van der Waals surface area contributed by atoms with E-state index >= 15 is 4.79 Å². The van der Waals surface area contributed by atoms with Gasteiger partial charge in [-0.05, 0) is 104 Å². The predicted molar refractivity (Wildman–Crippen MR) is 254 cm³/mol. The Hall–Kier alpha value is -5.95.